The van der Waals surface area contributed by atoms with Crippen molar-refractivity contribution in [2.24, 2.45) is 5.41 Å². The molecule has 2 fully saturated rings. The van der Waals surface area contributed by atoms with Crippen LogP contribution in [0.25, 0.3) is 11.8 Å². The van der Waals surface area contributed by atoms with Crippen molar-refractivity contribution in [2.45, 2.75) is 30.6 Å². The van der Waals surface area contributed by atoms with Crippen LogP contribution in [0.1, 0.15) is 41.0 Å². The number of fused-ring (bicyclic) bond motifs is 2. The fourth-order valence-corrected chi connectivity index (χ4v) is 7.80. The lowest BCUT2D eigenvalue weighted by molar-refractivity contribution is 0.0770. The highest BCUT2D eigenvalue weighted by Gasteiger charge is 2.51. The molecule has 7 rings (SSSR count). The van der Waals surface area contributed by atoms with Gasteiger partial charge in [0.05, 0.1) is 23.0 Å². The number of benzene rings is 1. The molecule has 0 spiro atoms. The standard InChI is InChI=1S/C31H29FN6O3S/c32-24-6-8-25(9-7-24)38-28-17-23-12-16-37(42(40,41)26-10-11-29(34-20-26)36-14-3-4-15-36)21-31(23,18-22(28)19-35-38)30(39)27-5-1-2-13-33-27/h1-2,5-11,13,17,19-20H,3-4,12,14-16,18,21H2/t31-/m0/s1. The summed E-state index contributed by atoms with van der Waals surface area (Å²) in [5.74, 6) is 0.208. The van der Waals surface area contributed by atoms with Crippen LogP contribution in [-0.4, -0.2) is 64.4 Å². The summed E-state index contributed by atoms with van der Waals surface area (Å²) in [4.78, 5) is 25.3. The minimum atomic E-state index is -3.93. The van der Waals surface area contributed by atoms with Gasteiger partial charge in [0.2, 0.25) is 10.0 Å². The second kappa shape index (κ2) is 10.2. The number of carbonyl (C=O) groups is 1. The first kappa shape index (κ1) is 26.7. The molecule has 4 aromatic rings. The summed E-state index contributed by atoms with van der Waals surface area (Å²) in [7, 11) is -3.93. The van der Waals surface area contributed by atoms with Gasteiger partial charge in [-0.1, -0.05) is 11.6 Å². The summed E-state index contributed by atoms with van der Waals surface area (Å²) in [5.41, 5.74) is 2.29. The number of nitrogens with zero attached hydrogens (tertiary/aromatic N) is 6. The molecule has 0 amide bonds. The van der Waals surface area contributed by atoms with Crippen LogP contribution in [0.3, 0.4) is 0 Å². The number of Topliss-reactive ketones (excluding diaryl/α,β-unsaturated/α-hetero) is 1. The molecule has 2 saturated heterocycles. The minimum Gasteiger partial charge on any atom is -0.357 e. The van der Waals surface area contributed by atoms with Crippen LogP contribution in [0.4, 0.5) is 10.2 Å². The van der Waals surface area contributed by atoms with Crippen molar-refractivity contribution in [1.82, 2.24) is 24.1 Å². The number of rotatable bonds is 6. The smallest absolute Gasteiger partial charge is 0.244 e. The third kappa shape index (κ3) is 4.44. The number of ketones is 1. The van der Waals surface area contributed by atoms with E-state index in [4.69, 9.17) is 0 Å². The third-order valence-electron chi connectivity index (χ3n) is 8.57. The second-order valence-corrected chi connectivity index (χ2v) is 13.0. The van der Waals surface area contributed by atoms with Crippen molar-refractivity contribution >= 4 is 27.7 Å². The van der Waals surface area contributed by atoms with Crippen molar-refractivity contribution < 1.29 is 17.6 Å². The normalized spacial score (nSPS) is 20.6. The van der Waals surface area contributed by atoms with Gasteiger partial charge < -0.3 is 4.90 Å². The molecule has 0 bridgehead atoms. The fraction of sp³-hybridized carbons (Fsp3) is 0.290. The lowest BCUT2D eigenvalue weighted by atomic mass is 9.65. The Bertz CT molecular complexity index is 1780. The van der Waals surface area contributed by atoms with Gasteiger partial charge in [-0.15, -0.1) is 0 Å². The van der Waals surface area contributed by atoms with Gasteiger partial charge in [-0.2, -0.15) is 9.40 Å². The van der Waals surface area contributed by atoms with E-state index in [-0.39, 0.29) is 41.7 Å². The third-order valence-corrected chi connectivity index (χ3v) is 10.4. The van der Waals surface area contributed by atoms with Gasteiger partial charge in [-0.25, -0.2) is 22.5 Å². The zero-order valence-corrected chi connectivity index (χ0v) is 23.7. The van der Waals surface area contributed by atoms with Crippen LogP contribution in [-0.2, 0) is 16.4 Å². The van der Waals surface area contributed by atoms with E-state index in [0.29, 0.717) is 12.1 Å². The average Bonchev–Trinajstić information content (AvgIpc) is 3.71. The largest absolute Gasteiger partial charge is 0.357 e. The van der Waals surface area contributed by atoms with Crippen LogP contribution in [0, 0.1) is 11.2 Å². The number of sulfonamides is 1. The first-order chi connectivity index (χ1) is 20.3. The molecule has 5 heterocycles. The summed E-state index contributed by atoms with van der Waals surface area (Å²) < 4.78 is 44.6. The Morgan fingerprint density at radius 3 is 2.45 bits per heavy atom. The van der Waals surface area contributed by atoms with Crippen molar-refractivity contribution in [3.8, 4) is 5.69 Å². The zero-order chi connectivity index (χ0) is 28.9. The quantitative estimate of drug-likeness (QED) is 0.312. The monoisotopic (exact) mass is 584 g/mol. The molecule has 1 aliphatic carbocycles. The van der Waals surface area contributed by atoms with Crippen LogP contribution in [0.2, 0.25) is 0 Å². The highest BCUT2D eigenvalue weighted by molar-refractivity contribution is 7.89. The Hall–Kier alpha value is -4.22. The highest BCUT2D eigenvalue weighted by Crippen LogP contribution is 2.47. The number of hydrogen-bond acceptors (Lipinski definition) is 7. The van der Waals surface area contributed by atoms with Gasteiger partial charge in [-0.3, -0.25) is 9.78 Å². The summed E-state index contributed by atoms with van der Waals surface area (Å²) in [6, 6.07) is 14.6. The predicted octanol–water partition coefficient (Wildman–Crippen LogP) is 4.31. The molecule has 3 aliphatic rings. The van der Waals surface area contributed by atoms with Crippen LogP contribution in [0.5, 0.6) is 0 Å². The Morgan fingerprint density at radius 2 is 1.74 bits per heavy atom. The Balaban J connectivity index is 1.26. The van der Waals surface area contributed by atoms with Gasteiger partial charge in [0.1, 0.15) is 22.2 Å². The van der Waals surface area contributed by atoms with Gasteiger partial charge in [0.25, 0.3) is 0 Å². The van der Waals surface area contributed by atoms with Crippen LogP contribution >= 0.6 is 0 Å². The van der Waals surface area contributed by atoms with E-state index in [1.165, 1.54) is 22.6 Å². The molecule has 2 aliphatic heterocycles. The first-order valence-electron chi connectivity index (χ1n) is 14.1. The first-order valence-corrected chi connectivity index (χ1v) is 15.5. The summed E-state index contributed by atoms with van der Waals surface area (Å²) in [6.45, 7) is 2.03. The summed E-state index contributed by atoms with van der Waals surface area (Å²) >= 11 is 0. The number of halogens is 1. The predicted molar refractivity (Wildman–Crippen MR) is 155 cm³/mol. The molecule has 42 heavy (non-hydrogen) atoms. The van der Waals surface area contributed by atoms with E-state index >= 15 is 0 Å². The maximum atomic E-state index is 14.3. The van der Waals surface area contributed by atoms with Crippen molar-refractivity contribution in [3.05, 3.63) is 102 Å². The topological polar surface area (TPSA) is 101 Å². The summed E-state index contributed by atoms with van der Waals surface area (Å²) in [5, 5.41) is 4.55. The SMILES string of the molecule is O=C(c1ccccn1)[C@]12Cc3cnn(-c4ccc(F)cc4)c3C=C1CCN(S(=O)(=O)c1ccc(N3CCCC3)nc1)C2. The molecule has 0 saturated carbocycles. The van der Waals surface area contributed by atoms with Gasteiger partial charge in [-0.05, 0) is 85.9 Å². The maximum absolute atomic E-state index is 14.3. The van der Waals surface area contributed by atoms with Crippen molar-refractivity contribution in [3.63, 3.8) is 0 Å². The van der Waals surface area contributed by atoms with Crippen LogP contribution in [0.15, 0.2) is 83.7 Å². The number of pyridine rings is 2. The second-order valence-electron chi connectivity index (χ2n) is 11.1. The molecule has 1 atom stereocenters. The number of piperidine rings is 1. The number of aromatic nitrogens is 4. The van der Waals surface area contributed by atoms with Gasteiger partial charge >= 0.3 is 0 Å². The maximum Gasteiger partial charge on any atom is 0.244 e. The lowest BCUT2D eigenvalue weighted by Crippen LogP contribution is -2.53. The van der Waals surface area contributed by atoms with Crippen LogP contribution < -0.4 is 4.90 Å². The molecular formula is C31H29FN6O3S. The van der Waals surface area contributed by atoms with E-state index in [2.05, 4.69) is 20.0 Å². The highest BCUT2D eigenvalue weighted by atomic mass is 32.2. The molecule has 1 aromatic carbocycles. The molecule has 214 valence electrons. The number of anilines is 1. The minimum absolute atomic E-state index is 0.0222. The Labute approximate surface area is 243 Å². The lowest BCUT2D eigenvalue weighted by Gasteiger charge is -2.44. The Kier molecular flexibility index (Phi) is 6.51. The van der Waals surface area contributed by atoms with Gasteiger partial charge in [0.15, 0.2) is 5.78 Å². The molecule has 3 aromatic heterocycles. The fourth-order valence-electron chi connectivity index (χ4n) is 6.36. The molecule has 0 radical (unpaired) electrons. The molecule has 9 nitrogen and oxygen atoms in total. The Morgan fingerprint density at radius 1 is 0.929 bits per heavy atom. The molecule has 0 unspecified atom stereocenters. The molecule has 11 heteroatoms. The van der Waals surface area contributed by atoms with E-state index < -0.39 is 15.4 Å². The zero-order valence-electron chi connectivity index (χ0n) is 22.9. The van der Waals surface area contributed by atoms with E-state index in [0.717, 1.165) is 48.6 Å². The van der Waals surface area contributed by atoms with E-state index in [9.17, 15) is 17.6 Å². The number of hydrogen-bond donors (Lipinski definition) is 0. The number of carbonyl (C=O) groups excluding carboxylic acids is 1. The average molecular weight is 585 g/mol. The molecular weight excluding hydrogens is 555 g/mol. The van der Waals surface area contributed by atoms with E-state index in [1.807, 2.05) is 6.08 Å². The van der Waals surface area contributed by atoms with E-state index in [1.54, 1.807) is 59.5 Å². The molecule has 0 N–H and O–H groups in total. The van der Waals surface area contributed by atoms with Crippen molar-refractivity contribution in [2.75, 3.05) is 31.1 Å². The van der Waals surface area contributed by atoms with Crippen molar-refractivity contribution in [1.29, 1.82) is 0 Å². The summed E-state index contributed by atoms with van der Waals surface area (Å²) in [6.07, 6.45) is 9.48. The van der Waals surface area contributed by atoms with Gasteiger partial charge in [0, 0.05) is 38.6 Å².